The van der Waals surface area contributed by atoms with Crippen molar-refractivity contribution in [3.8, 4) is 0 Å². The fraction of sp³-hybridized carbons (Fsp3) is 0.548. The van der Waals surface area contributed by atoms with Crippen molar-refractivity contribution in [3.05, 3.63) is 69.3 Å². The smallest absolute Gasteiger partial charge is 0.409 e. The van der Waals surface area contributed by atoms with E-state index in [0.717, 1.165) is 13.2 Å². The van der Waals surface area contributed by atoms with Crippen LogP contribution in [-0.2, 0) is 9.47 Å². The van der Waals surface area contributed by atoms with E-state index in [-0.39, 0.29) is 50.6 Å². The number of nitrogen functional groups attached to an aromatic ring is 1. The van der Waals surface area contributed by atoms with Gasteiger partial charge in [-0.25, -0.2) is 14.0 Å². The first-order chi connectivity index (χ1) is 21.0. The van der Waals surface area contributed by atoms with Crippen molar-refractivity contribution in [2.75, 3.05) is 79.4 Å². The molecule has 2 fully saturated rings. The lowest BCUT2D eigenvalue weighted by atomic mass is 10.0. The molecule has 0 bridgehead atoms. The third-order valence-electron chi connectivity index (χ3n) is 7.75. The highest BCUT2D eigenvalue weighted by atomic mass is 19.1. The van der Waals surface area contributed by atoms with E-state index in [4.69, 9.17) is 15.6 Å². The number of nitro benzene ring substituents is 1. The Hall–Kier alpha value is -4.08. The van der Waals surface area contributed by atoms with Gasteiger partial charge in [-0.05, 0) is 19.9 Å². The van der Waals surface area contributed by atoms with Crippen LogP contribution in [0.25, 0.3) is 0 Å². The summed E-state index contributed by atoms with van der Waals surface area (Å²) in [4.78, 5) is 40.3. The number of hydrogen-bond donors (Lipinski definition) is 2. The van der Waals surface area contributed by atoms with Crippen LogP contribution in [0, 0.1) is 21.7 Å². The summed E-state index contributed by atoms with van der Waals surface area (Å²) < 4.78 is 37.6. The molecule has 2 aromatic rings. The molecule has 0 spiro atoms. The molecule has 15 heteroatoms. The molecule has 0 aromatic heterocycles. The molecule has 2 aliphatic heterocycles. The van der Waals surface area contributed by atoms with E-state index in [9.17, 15) is 28.5 Å². The van der Waals surface area contributed by atoms with Gasteiger partial charge in [0.25, 0.3) is 0 Å². The normalized spacial score (nSPS) is 16.1. The van der Waals surface area contributed by atoms with E-state index in [1.165, 1.54) is 20.3 Å². The molecule has 260 valence electrons. The van der Waals surface area contributed by atoms with E-state index in [0.29, 0.717) is 63.5 Å². The predicted octanol–water partition coefficient (Wildman–Crippen LogP) is 4.91. The molecule has 0 unspecified atom stereocenters. The average Bonchev–Trinajstić information content (AvgIpc) is 3.06. The van der Waals surface area contributed by atoms with Crippen LogP contribution in [0.4, 0.5) is 29.7 Å². The lowest BCUT2D eigenvalue weighted by Gasteiger charge is -2.37. The van der Waals surface area contributed by atoms with Gasteiger partial charge in [0.05, 0.1) is 24.8 Å². The zero-order valence-corrected chi connectivity index (χ0v) is 25.7. The van der Waals surface area contributed by atoms with Gasteiger partial charge in [0.15, 0.2) is 5.82 Å². The Balaban J connectivity index is 0.000000805. The zero-order chi connectivity index (χ0) is 33.0. The van der Waals surface area contributed by atoms with Crippen molar-refractivity contribution < 1.29 is 37.9 Å². The monoisotopic (exact) mass is 656 g/mol. The third kappa shape index (κ3) is 10.5. The number of hydrogen-bond acceptors (Lipinski definition) is 10. The first-order valence-electron chi connectivity index (χ1n) is 14.0. The number of benzene rings is 2. The SMILES string of the molecule is C.C.CO.COC(=O)N1CCN([C@@H](C)c2cccc(N)c2F)CC1.COC(=O)N1CCN([C@@H](C)c2cccc([N+](=O)[O-])c2F)CC1. The number of halogens is 2. The highest BCUT2D eigenvalue weighted by Crippen LogP contribution is 2.29. The number of aliphatic hydroxyl groups excluding tert-OH is 1. The van der Waals surface area contributed by atoms with E-state index < -0.39 is 16.4 Å². The fourth-order valence-electron chi connectivity index (χ4n) is 5.13. The summed E-state index contributed by atoms with van der Waals surface area (Å²) in [5.74, 6) is -1.15. The third-order valence-corrected chi connectivity index (χ3v) is 7.75. The largest absolute Gasteiger partial charge is 0.453 e. The minimum absolute atomic E-state index is 0. The number of nitrogens with zero attached hydrogens (tertiary/aromatic N) is 5. The number of rotatable bonds is 5. The molecule has 0 saturated carbocycles. The maximum atomic E-state index is 14.2. The summed E-state index contributed by atoms with van der Waals surface area (Å²) in [7, 11) is 3.70. The first-order valence-corrected chi connectivity index (χ1v) is 14.0. The minimum Gasteiger partial charge on any atom is -0.453 e. The maximum Gasteiger partial charge on any atom is 0.409 e. The van der Waals surface area contributed by atoms with E-state index >= 15 is 0 Å². The van der Waals surface area contributed by atoms with Gasteiger partial charge in [0, 0.05) is 88.7 Å². The molecule has 13 nitrogen and oxygen atoms in total. The molecular weight excluding hydrogens is 606 g/mol. The number of piperazine rings is 2. The number of methoxy groups -OCH3 is 2. The molecule has 2 aromatic carbocycles. The molecule has 0 radical (unpaired) electrons. The summed E-state index contributed by atoms with van der Waals surface area (Å²) in [6.45, 7) is 8.36. The Morgan fingerprint density at radius 2 is 1.15 bits per heavy atom. The lowest BCUT2D eigenvalue weighted by Crippen LogP contribution is -2.49. The number of carbonyl (C=O) groups is 2. The number of nitro groups is 1. The standard InChI is InChI=1S/C14H18FN3O4.C14H20FN3O2.CH4O.2CH4/c1-10(11-4-3-5-12(13(11)15)18(20)21)16-6-8-17(9-7-16)14(19)22-2;1-10(11-4-3-5-12(16)13(11)15)17-6-8-18(9-7-17)14(19)20-2;1-2;;/h3-5,10H,6-9H2,1-2H3;3-5,10H,6-9,16H2,1-2H3;2H,1H3;2*1H4/t2*10-;;;/m00.../s1. The predicted molar refractivity (Wildman–Crippen MR) is 173 cm³/mol. The summed E-state index contributed by atoms with van der Waals surface area (Å²) >= 11 is 0. The number of ether oxygens (including phenoxy) is 2. The second-order valence-corrected chi connectivity index (χ2v) is 10.0. The van der Waals surface area contributed by atoms with Crippen molar-refractivity contribution in [1.82, 2.24) is 19.6 Å². The number of anilines is 1. The van der Waals surface area contributed by atoms with Gasteiger partial charge in [-0.2, -0.15) is 4.39 Å². The van der Waals surface area contributed by atoms with Crippen LogP contribution in [0.3, 0.4) is 0 Å². The maximum absolute atomic E-state index is 14.2. The van der Waals surface area contributed by atoms with Crippen LogP contribution >= 0.6 is 0 Å². The number of amides is 2. The van der Waals surface area contributed by atoms with Crippen molar-refractivity contribution >= 4 is 23.6 Å². The summed E-state index contributed by atoms with van der Waals surface area (Å²) in [5.41, 5.74) is 6.14. The molecule has 2 aliphatic rings. The Kier molecular flexibility index (Phi) is 18.3. The Morgan fingerprint density at radius 3 is 1.52 bits per heavy atom. The van der Waals surface area contributed by atoms with Gasteiger partial charge >= 0.3 is 17.9 Å². The number of carbonyl (C=O) groups excluding carboxylic acids is 2. The summed E-state index contributed by atoms with van der Waals surface area (Å²) in [5, 5.41) is 17.8. The quantitative estimate of drug-likeness (QED) is 0.258. The first kappa shape index (κ1) is 41.9. The van der Waals surface area contributed by atoms with E-state index in [1.807, 2.05) is 11.8 Å². The topological polar surface area (TPSA) is 155 Å². The van der Waals surface area contributed by atoms with Crippen LogP contribution in [0.15, 0.2) is 36.4 Å². The molecule has 2 heterocycles. The van der Waals surface area contributed by atoms with Gasteiger partial charge in [0.2, 0.25) is 5.82 Å². The van der Waals surface area contributed by atoms with Crippen molar-refractivity contribution in [1.29, 1.82) is 0 Å². The van der Waals surface area contributed by atoms with Crippen LogP contribution in [0.1, 0.15) is 51.9 Å². The highest BCUT2D eigenvalue weighted by molar-refractivity contribution is 5.67. The van der Waals surface area contributed by atoms with E-state index in [1.54, 1.807) is 41.0 Å². The molecule has 4 rings (SSSR count). The Bertz CT molecular complexity index is 1260. The summed E-state index contributed by atoms with van der Waals surface area (Å²) in [6, 6.07) is 8.88. The van der Waals surface area contributed by atoms with Crippen LogP contribution in [0.5, 0.6) is 0 Å². The van der Waals surface area contributed by atoms with Crippen LogP contribution in [-0.4, -0.2) is 116 Å². The molecule has 3 N–H and O–H groups in total. The Labute approximate surface area is 270 Å². The van der Waals surface area contributed by atoms with E-state index in [2.05, 4.69) is 9.64 Å². The van der Waals surface area contributed by atoms with Crippen molar-refractivity contribution in [3.63, 3.8) is 0 Å². The van der Waals surface area contributed by atoms with Crippen LogP contribution < -0.4 is 5.73 Å². The fourth-order valence-corrected chi connectivity index (χ4v) is 5.13. The molecule has 2 atom stereocenters. The second kappa shape index (κ2) is 20.1. The molecule has 2 saturated heterocycles. The van der Waals surface area contributed by atoms with Gasteiger partial charge in [-0.15, -0.1) is 0 Å². The molecule has 2 amide bonds. The summed E-state index contributed by atoms with van der Waals surface area (Å²) in [6.07, 6.45) is -0.693. The van der Waals surface area contributed by atoms with Crippen molar-refractivity contribution in [2.45, 2.75) is 40.8 Å². The van der Waals surface area contributed by atoms with Crippen LogP contribution in [0.2, 0.25) is 0 Å². The second-order valence-electron chi connectivity index (χ2n) is 10.0. The Morgan fingerprint density at radius 1 is 0.783 bits per heavy atom. The molecule has 0 aliphatic carbocycles. The average molecular weight is 657 g/mol. The number of nitrogens with two attached hydrogens (primary N) is 1. The molecular formula is C31H50F2N6O7. The van der Waals surface area contributed by atoms with Gasteiger partial charge in [-0.3, -0.25) is 19.9 Å². The number of aliphatic hydroxyl groups is 1. The lowest BCUT2D eigenvalue weighted by molar-refractivity contribution is -0.387. The van der Waals surface area contributed by atoms with Crippen molar-refractivity contribution in [2.24, 2.45) is 0 Å². The van der Waals surface area contributed by atoms with Gasteiger partial charge in [0.1, 0.15) is 0 Å². The van der Waals surface area contributed by atoms with Gasteiger partial charge in [-0.1, -0.05) is 39.1 Å². The zero-order valence-electron chi connectivity index (χ0n) is 25.7. The van der Waals surface area contributed by atoms with Gasteiger partial charge < -0.3 is 30.1 Å². The molecule has 46 heavy (non-hydrogen) atoms. The highest BCUT2D eigenvalue weighted by Gasteiger charge is 2.29. The minimum atomic E-state index is -0.796.